The van der Waals surface area contributed by atoms with Crippen molar-refractivity contribution in [2.75, 3.05) is 6.54 Å². The second-order valence-corrected chi connectivity index (χ2v) is 7.89. The fraction of sp³-hybridized carbons (Fsp3) is 0.438. The Labute approximate surface area is 145 Å². The molecule has 3 rings (SSSR count). The lowest BCUT2D eigenvalue weighted by Crippen LogP contribution is -2.30. The average Bonchev–Trinajstić information content (AvgIpc) is 3.24. The van der Waals surface area contributed by atoms with E-state index in [2.05, 4.69) is 5.16 Å². The highest BCUT2D eigenvalue weighted by Gasteiger charge is 2.38. The topological polar surface area (TPSA) is 107 Å². The smallest absolute Gasteiger partial charge is 0.270 e. The molecule has 1 aliphatic heterocycles. The summed E-state index contributed by atoms with van der Waals surface area (Å²) in [5.74, 6) is 0.733. The van der Waals surface area contributed by atoms with E-state index in [0.717, 1.165) is 24.7 Å². The summed E-state index contributed by atoms with van der Waals surface area (Å²) in [6.07, 6.45) is 3.01. The molecule has 0 radical (unpaired) electrons. The van der Waals surface area contributed by atoms with Crippen LogP contribution in [0.15, 0.2) is 39.8 Å². The quantitative estimate of drug-likeness (QED) is 0.575. The van der Waals surface area contributed by atoms with Crippen LogP contribution in [0.4, 0.5) is 5.69 Å². The van der Waals surface area contributed by atoms with Gasteiger partial charge in [-0.05, 0) is 25.3 Å². The number of benzene rings is 1. The molecule has 0 amide bonds. The summed E-state index contributed by atoms with van der Waals surface area (Å²) in [6.45, 7) is 2.38. The van der Waals surface area contributed by atoms with Crippen LogP contribution >= 0.6 is 0 Å². The largest absolute Gasteiger partial charge is 0.361 e. The van der Waals surface area contributed by atoms with E-state index in [1.165, 1.54) is 22.5 Å². The molecule has 134 valence electrons. The molecule has 9 heteroatoms. The molecule has 1 fully saturated rings. The van der Waals surface area contributed by atoms with Gasteiger partial charge < -0.3 is 4.52 Å². The van der Waals surface area contributed by atoms with Crippen LogP contribution in [-0.2, 0) is 16.4 Å². The molecular formula is C16H19N3O5S. The normalized spacial score (nSPS) is 18.5. The fourth-order valence-electron chi connectivity index (χ4n) is 3.07. The zero-order valence-corrected chi connectivity index (χ0v) is 14.6. The van der Waals surface area contributed by atoms with Gasteiger partial charge in [0, 0.05) is 31.2 Å². The Hall–Kier alpha value is -2.26. The van der Waals surface area contributed by atoms with Crippen LogP contribution in [0.3, 0.4) is 0 Å². The highest BCUT2D eigenvalue weighted by molar-refractivity contribution is 7.89. The number of aryl methyl sites for hydroxylation is 1. The van der Waals surface area contributed by atoms with E-state index in [4.69, 9.17) is 4.52 Å². The van der Waals surface area contributed by atoms with E-state index < -0.39 is 21.0 Å². The first-order chi connectivity index (χ1) is 11.9. The molecule has 2 aromatic rings. The summed E-state index contributed by atoms with van der Waals surface area (Å²) in [5, 5.41) is 15.0. The van der Waals surface area contributed by atoms with Gasteiger partial charge in [-0.25, -0.2) is 8.42 Å². The van der Waals surface area contributed by atoms with Gasteiger partial charge in [-0.2, -0.15) is 4.31 Å². The Balaban J connectivity index is 1.92. The second-order valence-electron chi connectivity index (χ2n) is 6.00. The van der Waals surface area contributed by atoms with Crippen molar-refractivity contribution in [2.45, 2.75) is 43.5 Å². The van der Waals surface area contributed by atoms with Crippen LogP contribution in [0.25, 0.3) is 0 Å². The van der Waals surface area contributed by atoms with Crippen LogP contribution < -0.4 is 0 Å². The van der Waals surface area contributed by atoms with Crippen molar-refractivity contribution in [3.63, 3.8) is 0 Å². The lowest BCUT2D eigenvalue weighted by atomic mass is 10.1. The van der Waals surface area contributed by atoms with Gasteiger partial charge in [0.15, 0.2) is 0 Å². The number of hydrogen-bond acceptors (Lipinski definition) is 6. The molecule has 0 aliphatic carbocycles. The molecule has 1 aliphatic rings. The minimum atomic E-state index is -3.85. The molecule has 0 spiro atoms. The zero-order valence-electron chi connectivity index (χ0n) is 13.8. The maximum Gasteiger partial charge on any atom is 0.270 e. The van der Waals surface area contributed by atoms with Gasteiger partial charge in [-0.3, -0.25) is 10.1 Å². The van der Waals surface area contributed by atoms with E-state index in [9.17, 15) is 18.5 Å². The van der Waals surface area contributed by atoms with Gasteiger partial charge in [0.25, 0.3) is 5.69 Å². The Morgan fingerprint density at radius 1 is 1.40 bits per heavy atom. The number of nitro groups is 1. The van der Waals surface area contributed by atoms with Crippen molar-refractivity contribution < 1.29 is 17.9 Å². The summed E-state index contributed by atoms with van der Waals surface area (Å²) in [5.41, 5.74) is 0.346. The summed E-state index contributed by atoms with van der Waals surface area (Å²) in [7, 11) is -3.85. The molecule has 1 atom stereocenters. The average molecular weight is 365 g/mol. The number of nitrogens with zero attached hydrogens (tertiary/aromatic N) is 3. The monoisotopic (exact) mass is 365 g/mol. The third-order valence-electron chi connectivity index (χ3n) is 4.25. The highest BCUT2D eigenvalue weighted by atomic mass is 32.2. The summed E-state index contributed by atoms with van der Waals surface area (Å²) in [4.78, 5) is 10.2. The van der Waals surface area contributed by atoms with Gasteiger partial charge in [0.1, 0.15) is 11.5 Å². The lowest BCUT2D eigenvalue weighted by Gasteiger charge is -2.22. The molecule has 1 aromatic heterocycles. The van der Waals surface area contributed by atoms with Crippen molar-refractivity contribution in [1.82, 2.24) is 9.46 Å². The van der Waals surface area contributed by atoms with Crippen LogP contribution in [0.1, 0.15) is 43.7 Å². The number of nitro benzene ring substituents is 1. The van der Waals surface area contributed by atoms with E-state index in [1.807, 2.05) is 6.92 Å². The third-order valence-corrected chi connectivity index (χ3v) is 6.16. The first-order valence-corrected chi connectivity index (χ1v) is 9.59. The predicted octanol–water partition coefficient (Wildman–Crippen LogP) is 3.06. The van der Waals surface area contributed by atoms with Crippen molar-refractivity contribution in [2.24, 2.45) is 0 Å². The Bertz CT molecular complexity index is 877. The van der Waals surface area contributed by atoms with Crippen LogP contribution in [-0.4, -0.2) is 29.3 Å². The minimum Gasteiger partial charge on any atom is -0.361 e. The first kappa shape index (κ1) is 17.6. The number of aromatic nitrogens is 1. The van der Waals surface area contributed by atoms with Crippen molar-refractivity contribution in [3.05, 3.63) is 51.9 Å². The van der Waals surface area contributed by atoms with Crippen molar-refractivity contribution in [1.29, 1.82) is 0 Å². The third kappa shape index (κ3) is 3.42. The number of hydrogen-bond donors (Lipinski definition) is 0. The molecule has 0 saturated carbocycles. The fourth-order valence-corrected chi connectivity index (χ4v) is 4.78. The molecule has 8 nitrogen and oxygen atoms in total. The Kier molecular flexibility index (Phi) is 4.87. The van der Waals surface area contributed by atoms with Crippen molar-refractivity contribution in [3.8, 4) is 0 Å². The predicted molar refractivity (Wildman–Crippen MR) is 89.5 cm³/mol. The molecule has 1 saturated heterocycles. The maximum absolute atomic E-state index is 13.0. The van der Waals surface area contributed by atoms with Gasteiger partial charge in [0.05, 0.1) is 15.9 Å². The number of sulfonamides is 1. The van der Waals surface area contributed by atoms with Gasteiger partial charge in [0.2, 0.25) is 10.0 Å². The maximum atomic E-state index is 13.0. The van der Waals surface area contributed by atoms with Crippen LogP contribution in [0.5, 0.6) is 0 Å². The Morgan fingerprint density at radius 2 is 2.20 bits per heavy atom. The molecule has 0 unspecified atom stereocenters. The van der Waals surface area contributed by atoms with E-state index in [-0.39, 0.29) is 10.6 Å². The van der Waals surface area contributed by atoms with Gasteiger partial charge in [-0.1, -0.05) is 18.1 Å². The molecular weight excluding hydrogens is 346 g/mol. The summed E-state index contributed by atoms with van der Waals surface area (Å²) >= 11 is 0. The highest BCUT2D eigenvalue weighted by Crippen LogP contribution is 2.36. The number of non-ortho nitro benzene ring substituents is 1. The summed E-state index contributed by atoms with van der Waals surface area (Å²) in [6, 6.07) is 6.52. The van der Waals surface area contributed by atoms with E-state index in [0.29, 0.717) is 25.1 Å². The minimum absolute atomic E-state index is 0.0779. The SMILES string of the molecule is CCCc1cc([C@H]2CCCN2S(=O)(=O)c2cccc([N+](=O)[O-])c2)no1. The van der Waals surface area contributed by atoms with E-state index in [1.54, 1.807) is 6.07 Å². The standard InChI is InChI=1S/C16H19N3O5S/c1-2-5-13-11-15(17-24-13)16-8-4-9-18(16)25(22,23)14-7-3-6-12(10-14)19(20)21/h3,6-7,10-11,16H,2,4-5,8-9H2,1H3/t16-/m1/s1. The zero-order chi connectivity index (χ0) is 18.0. The number of rotatable bonds is 6. The molecule has 25 heavy (non-hydrogen) atoms. The van der Waals surface area contributed by atoms with Gasteiger partial charge >= 0.3 is 0 Å². The molecule has 0 bridgehead atoms. The van der Waals surface area contributed by atoms with Gasteiger partial charge in [-0.15, -0.1) is 0 Å². The molecule has 2 heterocycles. The van der Waals surface area contributed by atoms with E-state index >= 15 is 0 Å². The summed E-state index contributed by atoms with van der Waals surface area (Å²) < 4.78 is 32.6. The molecule has 1 aromatic carbocycles. The van der Waals surface area contributed by atoms with Crippen molar-refractivity contribution >= 4 is 15.7 Å². The van der Waals surface area contributed by atoms with Crippen LogP contribution in [0, 0.1) is 10.1 Å². The lowest BCUT2D eigenvalue weighted by molar-refractivity contribution is -0.385. The first-order valence-electron chi connectivity index (χ1n) is 8.15. The molecule has 0 N–H and O–H groups in total. The Morgan fingerprint density at radius 3 is 2.92 bits per heavy atom. The van der Waals surface area contributed by atoms with Crippen LogP contribution in [0.2, 0.25) is 0 Å². The second kappa shape index (κ2) is 6.93.